The van der Waals surface area contributed by atoms with E-state index in [1.165, 1.54) is 5.19 Å². The van der Waals surface area contributed by atoms with Gasteiger partial charge in [0, 0.05) is 5.56 Å². The lowest BCUT2D eigenvalue weighted by Gasteiger charge is -2.44. The van der Waals surface area contributed by atoms with E-state index in [-0.39, 0.29) is 0 Å². The molecule has 0 aliphatic carbocycles. The van der Waals surface area contributed by atoms with Crippen molar-refractivity contribution in [2.75, 3.05) is 7.11 Å². The molecule has 1 rings (SSSR count). The van der Waals surface area contributed by atoms with Crippen LogP contribution in [0.5, 0.6) is 5.75 Å². The Morgan fingerprint density at radius 2 is 1.50 bits per heavy atom. The van der Waals surface area contributed by atoms with Crippen LogP contribution in [0.4, 0.5) is 0 Å². The van der Waals surface area contributed by atoms with E-state index in [1.807, 2.05) is 12.1 Å². The van der Waals surface area contributed by atoms with E-state index in [1.54, 1.807) is 7.11 Å². The molecule has 112 valence electrons. The molecule has 0 N–H and O–H groups in total. The van der Waals surface area contributed by atoms with Crippen molar-refractivity contribution in [3.05, 3.63) is 23.8 Å². The molecule has 0 saturated carbocycles. The molecule has 0 amide bonds. The van der Waals surface area contributed by atoms with Crippen LogP contribution >= 0.6 is 0 Å². The molecule has 0 radical (unpaired) electrons. The lowest BCUT2D eigenvalue weighted by Crippen LogP contribution is -2.56. The molecule has 0 atom stereocenters. The maximum Gasteiger partial charge on any atom is 0.150 e. The smallest absolute Gasteiger partial charge is 0.150 e. The monoisotopic (exact) mass is 292 g/mol. The van der Waals surface area contributed by atoms with E-state index in [9.17, 15) is 4.79 Å². The fraction of sp³-hybridized carbons (Fsp3) is 0.588. The Balaban J connectivity index is 3.60. The average Bonchev–Trinajstić information content (AvgIpc) is 2.38. The standard InChI is InChI=1S/C17H28O2Si/c1-12(2)20(13(3)4,14(5)6)17-9-8-15(11-18)10-16(17)19-7/h8-14H,1-7H3. The molecule has 0 aromatic heterocycles. The molecule has 0 unspecified atom stereocenters. The number of hydrogen-bond acceptors (Lipinski definition) is 2. The Hall–Kier alpha value is -1.09. The van der Waals surface area contributed by atoms with Crippen LogP contribution in [0, 0.1) is 0 Å². The maximum absolute atomic E-state index is 11.0. The van der Waals surface area contributed by atoms with Crippen molar-refractivity contribution < 1.29 is 9.53 Å². The first-order valence-corrected chi connectivity index (χ1v) is 9.69. The topological polar surface area (TPSA) is 26.3 Å². The second-order valence-electron chi connectivity index (χ2n) is 6.47. The van der Waals surface area contributed by atoms with Gasteiger partial charge in [0.15, 0.2) is 0 Å². The highest BCUT2D eigenvalue weighted by Gasteiger charge is 2.46. The van der Waals surface area contributed by atoms with Crippen molar-refractivity contribution in [2.45, 2.75) is 58.2 Å². The lowest BCUT2D eigenvalue weighted by atomic mass is 10.2. The van der Waals surface area contributed by atoms with Crippen LogP contribution in [0.15, 0.2) is 18.2 Å². The third kappa shape index (κ3) is 2.69. The van der Waals surface area contributed by atoms with Crippen molar-refractivity contribution in [3.63, 3.8) is 0 Å². The summed E-state index contributed by atoms with van der Waals surface area (Å²) in [6.07, 6.45) is 0.885. The SMILES string of the molecule is COc1cc(C=O)ccc1[Si](C(C)C)(C(C)C)C(C)C. The Kier molecular flexibility index (Phi) is 5.57. The zero-order chi connectivity index (χ0) is 15.5. The summed E-state index contributed by atoms with van der Waals surface area (Å²) in [6.45, 7) is 14.0. The minimum Gasteiger partial charge on any atom is -0.497 e. The molecule has 0 bridgehead atoms. The Morgan fingerprint density at radius 1 is 1.00 bits per heavy atom. The van der Waals surface area contributed by atoms with Gasteiger partial charge < -0.3 is 4.74 Å². The summed E-state index contributed by atoms with van der Waals surface area (Å²) < 4.78 is 5.62. The Bertz CT molecular complexity index is 442. The van der Waals surface area contributed by atoms with Gasteiger partial charge in [-0.2, -0.15) is 0 Å². The van der Waals surface area contributed by atoms with Crippen LogP contribution in [0.2, 0.25) is 16.6 Å². The van der Waals surface area contributed by atoms with Gasteiger partial charge in [0.05, 0.1) is 15.2 Å². The highest BCUT2D eigenvalue weighted by Crippen LogP contribution is 2.42. The molecule has 2 nitrogen and oxygen atoms in total. The molecule has 20 heavy (non-hydrogen) atoms. The van der Waals surface area contributed by atoms with Crippen molar-refractivity contribution >= 4 is 19.5 Å². The van der Waals surface area contributed by atoms with E-state index in [0.717, 1.165) is 12.0 Å². The fourth-order valence-electron chi connectivity index (χ4n) is 4.07. The molecular formula is C17H28O2Si. The normalized spacial score (nSPS) is 12.3. The van der Waals surface area contributed by atoms with Crippen molar-refractivity contribution in [3.8, 4) is 5.75 Å². The number of carbonyl (C=O) groups is 1. The van der Waals surface area contributed by atoms with E-state index in [2.05, 4.69) is 47.6 Å². The minimum absolute atomic E-state index is 0.624. The average molecular weight is 292 g/mol. The first-order valence-electron chi connectivity index (χ1n) is 7.45. The molecule has 1 aromatic rings. The fourth-order valence-corrected chi connectivity index (χ4v) is 10.9. The first kappa shape index (κ1) is 17.0. The number of ether oxygens (including phenoxy) is 1. The van der Waals surface area contributed by atoms with Crippen LogP contribution in [-0.2, 0) is 0 Å². The van der Waals surface area contributed by atoms with Gasteiger partial charge in [-0.15, -0.1) is 0 Å². The zero-order valence-corrected chi connectivity index (χ0v) is 14.9. The summed E-state index contributed by atoms with van der Waals surface area (Å²) in [6, 6.07) is 5.95. The van der Waals surface area contributed by atoms with Crippen LogP contribution in [-0.4, -0.2) is 21.5 Å². The summed E-state index contributed by atoms with van der Waals surface area (Å²) in [5, 5.41) is 1.35. The number of aldehydes is 1. The second kappa shape index (κ2) is 6.57. The van der Waals surface area contributed by atoms with Crippen LogP contribution in [0.1, 0.15) is 51.9 Å². The summed E-state index contributed by atoms with van der Waals surface area (Å²) >= 11 is 0. The van der Waals surface area contributed by atoms with Gasteiger partial charge in [0.25, 0.3) is 0 Å². The van der Waals surface area contributed by atoms with Crippen molar-refractivity contribution in [1.29, 1.82) is 0 Å². The quantitative estimate of drug-likeness (QED) is 0.574. The molecule has 0 aliphatic rings. The van der Waals surface area contributed by atoms with Gasteiger partial charge in [-0.05, 0) is 27.9 Å². The largest absolute Gasteiger partial charge is 0.497 e. The van der Waals surface area contributed by atoms with Crippen molar-refractivity contribution in [1.82, 2.24) is 0 Å². The number of methoxy groups -OCH3 is 1. The molecule has 0 fully saturated rings. The van der Waals surface area contributed by atoms with Crippen molar-refractivity contribution in [2.24, 2.45) is 0 Å². The molecule has 1 aromatic carbocycles. The molecule has 0 spiro atoms. The predicted octanol–water partition coefficient (Wildman–Crippen LogP) is 4.39. The highest BCUT2D eigenvalue weighted by molar-refractivity contribution is 6.95. The summed E-state index contributed by atoms with van der Waals surface area (Å²) in [4.78, 5) is 11.0. The zero-order valence-electron chi connectivity index (χ0n) is 13.9. The molecular weight excluding hydrogens is 264 g/mol. The van der Waals surface area contributed by atoms with Gasteiger partial charge in [-0.25, -0.2) is 0 Å². The summed E-state index contributed by atoms with van der Waals surface area (Å²) in [5.41, 5.74) is 2.56. The van der Waals surface area contributed by atoms with E-state index < -0.39 is 8.07 Å². The lowest BCUT2D eigenvalue weighted by molar-refractivity contribution is 0.112. The van der Waals surface area contributed by atoms with Gasteiger partial charge in [0.1, 0.15) is 12.0 Å². The maximum atomic E-state index is 11.0. The molecule has 3 heteroatoms. The van der Waals surface area contributed by atoms with E-state index in [4.69, 9.17) is 4.74 Å². The predicted molar refractivity (Wildman–Crippen MR) is 89.1 cm³/mol. The second-order valence-corrected chi connectivity index (χ2v) is 12.3. The first-order chi connectivity index (χ1) is 9.32. The highest BCUT2D eigenvalue weighted by atomic mass is 28.3. The van der Waals surface area contributed by atoms with Gasteiger partial charge in [0.2, 0.25) is 0 Å². The number of benzene rings is 1. The van der Waals surface area contributed by atoms with Crippen LogP contribution < -0.4 is 9.92 Å². The van der Waals surface area contributed by atoms with Gasteiger partial charge in [-0.3, -0.25) is 4.79 Å². The molecule has 0 heterocycles. The molecule has 0 saturated heterocycles. The third-order valence-corrected chi connectivity index (χ3v) is 11.8. The third-order valence-electron chi connectivity index (χ3n) is 4.69. The van der Waals surface area contributed by atoms with Gasteiger partial charge >= 0.3 is 0 Å². The number of hydrogen-bond donors (Lipinski definition) is 0. The van der Waals surface area contributed by atoms with E-state index >= 15 is 0 Å². The number of carbonyl (C=O) groups excluding carboxylic acids is 1. The minimum atomic E-state index is -1.75. The Labute approximate surface area is 124 Å². The van der Waals surface area contributed by atoms with Crippen LogP contribution in [0.25, 0.3) is 0 Å². The summed E-state index contributed by atoms with van der Waals surface area (Å²) in [5.74, 6) is 0.886. The number of rotatable bonds is 6. The Morgan fingerprint density at radius 3 is 1.85 bits per heavy atom. The molecule has 0 aliphatic heterocycles. The van der Waals surface area contributed by atoms with Gasteiger partial charge in [-0.1, -0.05) is 53.7 Å². The van der Waals surface area contributed by atoms with E-state index in [0.29, 0.717) is 22.2 Å². The van der Waals surface area contributed by atoms with Crippen LogP contribution in [0.3, 0.4) is 0 Å². The summed E-state index contributed by atoms with van der Waals surface area (Å²) in [7, 11) is -0.0439.